The molecule has 1 aliphatic rings. The average molecular weight is 440 g/mol. The minimum absolute atomic E-state index is 0.0500. The maximum atomic E-state index is 11.9. The highest BCUT2D eigenvalue weighted by molar-refractivity contribution is 7.90. The molecule has 0 atom stereocenters. The van der Waals surface area contributed by atoms with Crippen LogP contribution >= 0.6 is 0 Å². The number of hydrogen-bond donors (Lipinski definition) is 2. The highest BCUT2D eigenvalue weighted by atomic mass is 32.2. The molecule has 1 amide bonds. The van der Waals surface area contributed by atoms with Gasteiger partial charge in [0.05, 0.1) is 31.2 Å². The van der Waals surface area contributed by atoms with Gasteiger partial charge in [-0.3, -0.25) is 9.69 Å². The molecule has 0 aromatic heterocycles. The van der Waals surface area contributed by atoms with Gasteiger partial charge in [0.1, 0.15) is 0 Å². The van der Waals surface area contributed by atoms with Crippen molar-refractivity contribution in [2.45, 2.75) is 18.4 Å². The summed E-state index contributed by atoms with van der Waals surface area (Å²) in [6, 6.07) is 5.21. The molecular weight excluding hydrogens is 406 g/mol. The van der Waals surface area contributed by atoms with Crippen LogP contribution in [0.1, 0.15) is 11.1 Å². The molecule has 0 radical (unpaired) electrons. The van der Waals surface area contributed by atoms with Gasteiger partial charge < -0.3 is 20.3 Å². The van der Waals surface area contributed by atoms with E-state index in [4.69, 9.17) is 4.74 Å². The van der Waals surface area contributed by atoms with E-state index in [0.29, 0.717) is 29.5 Å². The number of hydrogen-bond acceptors (Lipinski definition) is 6. The molecule has 10 heteroatoms. The molecule has 1 aliphatic heterocycles. The minimum atomic E-state index is -3.25. The summed E-state index contributed by atoms with van der Waals surface area (Å²) in [6.07, 6.45) is 1.20. The van der Waals surface area contributed by atoms with E-state index >= 15 is 0 Å². The van der Waals surface area contributed by atoms with Crippen molar-refractivity contribution in [1.29, 1.82) is 0 Å². The number of nitrogens with zero attached hydrogens (tertiary/aromatic N) is 3. The van der Waals surface area contributed by atoms with Crippen molar-refractivity contribution in [1.82, 2.24) is 20.4 Å². The van der Waals surface area contributed by atoms with E-state index in [1.54, 1.807) is 33.2 Å². The number of carbonyl (C=O) groups excluding carboxylic acids is 1. The van der Waals surface area contributed by atoms with Gasteiger partial charge in [0.2, 0.25) is 5.91 Å². The molecule has 1 saturated heterocycles. The Balaban J connectivity index is 2.01. The van der Waals surface area contributed by atoms with Gasteiger partial charge in [-0.25, -0.2) is 13.4 Å². The molecule has 0 unspecified atom stereocenters. The Bertz CT molecular complexity index is 849. The molecule has 1 aromatic carbocycles. The van der Waals surface area contributed by atoms with Gasteiger partial charge in [-0.05, 0) is 24.1 Å². The molecule has 168 valence electrons. The fraction of sp³-hybridized carbons (Fsp3) is 0.600. The fourth-order valence-corrected chi connectivity index (χ4v) is 4.00. The summed E-state index contributed by atoms with van der Waals surface area (Å²) in [5, 5.41) is 6.34. The van der Waals surface area contributed by atoms with Crippen molar-refractivity contribution < 1.29 is 17.9 Å². The molecular formula is C20H33N5O4S. The van der Waals surface area contributed by atoms with Crippen LogP contribution in [0, 0.1) is 6.92 Å². The second kappa shape index (κ2) is 11.3. The Morgan fingerprint density at radius 2 is 1.93 bits per heavy atom. The van der Waals surface area contributed by atoms with Crippen molar-refractivity contribution in [2.75, 3.05) is 66.3 Å². The molecule has 1 fully saturated rings. The van der Waals surface area contributed by atoms with E-state index in [9.17, 15) is 13.2 Å². The second-order valence-corrected chi connectivity index (χ2v) is 9.54. The van der Waals surface area contributed by atoms with E-state index in [1.165, 1.54) is 11.2 Å². The predicted molar refractivity (Wildman–Crippen MR) is 117 cm³/mol. The maximum absolute atomic E-state index is 11.9. The van der Waals surface area contributed by atoms with Crippen LogP contribution in [0.5, 0.6) is 0 Å². The van der Waals surface area contributed by atoms with E-state index in [1.807, 2.05) is 6.07 Å². The number of amides is 1. The summed E-state index contributed by atoms with van der Waals surface area (Å²) in [5.41, 5.74) is 1.59. The molecule has 0 saturated carbocycles. The second-order valence-electron chi connectivity index (χ2n) is 7.56. The molecule has 2 N–H and O–H groups in total. The van der Waals surface area contributed by atoms with E-state index in [0.717, 1.165) is 38.4 Å². The highest BCUT2D eigenvalue weighted by Crippen LogP contribution is 2.17. The van der Waals surface area contributed by atoms with Crippen LogP contribution in [0.4, 0.5) is 0 Å². The molecule has 0 spiro atoms. The lowest BCUT2D eigenvalue weighted by Crippen LogP contribution is -2.46. The molecule has 0 bridgehead atoms. The normalized spacial score (nSPS) is 15.7. The van der Waals surface area contributed by atoms with Crippen molar-refractivity contribution in [3.05, 3.63) is 29.3 Å². The van der Waals surface area contributed by atoms with E-state index < -0.39 is 9.84 Å². The summed E-state index contributed by atoms with van der Waals surface area (Å²) in [5.74, 6) is 0.495. The minimum Gasteiger partial charge on any atom is -0.379 e. The highest BCUT2D eigenvalue weighted by Gasteiger charge is 2.12. The monoisotopic (exact) mass is 439 g/mol. The first-order valence-corrected chi connectivity index (χ1v) is 11.9. The summed E-state index contributed by atoms with van der Waals surface area (Å²) in [4.78, 5) is 20.7. The lowest BCUT2D eigenvalue weighted by Gasteiger charge is -2.26. The smallest absolute Gasteiger partial charge is 0.241 e. The largest absolute Gasteiger partial charge is 0.379 e. The first kappa shape index (κ1) is 24.1. The SMILES string of the molecule is Cc1cc(CN=C(NCCN2CCOCC2)NCC(=O)N(C)C)ccc1S(C)(=O)=O. The van der Waals surface area contributed by atoms with Crippen molar-refractivity contribution in [2.24, 2.45) is 4.99 Å². The van der Waals surface area contributed by atoms with Gasteiger partial charge in [-0.1, -0.05) is 12.1 Å². The first-order valence-electron chi connectivity index (χ1n) is 9.99. The Hall–Kier alpha value is -2.17. The molecule has 30 heavy (non-hydrogen) atoms. The summed E-state index contributed by atoms with van der Waals surface area (Å²) in [7, 11) is 0.167. The van der Waals surface area contributed by atoms with Gasteiger partial charge in [-0.15, -0.1) is 0 Å². The number of ether oxygens (including phenoxy) is 1. The van der Waals surface area contributed by atoms with Crippen LogP contribution in [0.2, 0.25) is 0 Å². The third-order valence-electron chi connectivity index (χ3n) is 4.79. The van der Waals surface area contributed by atoms with Crippen LogP contribution in [0.15, 0.2) is 28.1 Å². The number of aliphatic imine (C=N–C) groups is 1. The maximum Gasteiger partial charge on any atom is 0.241 e. The Labute approximate surface area is 179 Å². The Morgan fingerprint density at radius 1 is 1.23 bits per heavy atom. The van der Waals surface area contributed by atoms with Gasteiger partial charge in [0.15, 0.2) is 15.8 Å². The molecule has 1 heterocycles. The van der Waals surface area contributed by atoms with Crippen LogP contribution in [-0.2, 0) is 25.9 Å². The Kier molecular flexibility index (Phi) is 9.07. The molecule has 0 aliphatic carbocycles. The van der Waals surface area contributed by atoms with Gasteiger partial charge in [-0.2, -0.15) is 0 Å². The van der Waals surface area contributed by atoms with Crippen molar-refractivity contribution >= 4 is 21.7 Å². The van der Waals surface area contributed by atoms with Crippen molar-refractivity contribution in [3.63, 3.8) is 0 Å². The fourth-order valence-electron chi connectivity index (χ4n) is 3.05. The average Bonchev–Trinajstić information content (AvgIpc) is 2.69. The molecule has 2 rings (SSSR count). The number of aryl methyl sites for hydroxylation is 1. The zero-order valence-corrected chi connectivity index (χ0v) is 19.1. The molecule has 9 nitrogen and oxygen atoms in total. The zero-order valence-electron chi connectivity index (χ0n) is 18.3. The number of rotatable bonds is 8. The number of nitrogens with one attached hydrogen (secondary N) is 2. The van der Waals surface area contributed by atoms with Crippen LogP contribution in [0.25, 0.3) is 0 Å². The predicted octanol–water partition coefficient (Wildman–Crippen LogP) is -0.146. The van der Waals surface area contributed by atoms with Gasteiger partial charge in [0, 0.05) is 46.5 Å². The Morgan fingerprint density at radius 3 is 2.53 bits per heavy atom. The van der Waals surface area contributed by atoms with Gasteiger partial charge >= 0.3 is 0 Å². The zero-order chi connectivity index (χ0) is 22.1. The standard InChI is InChI=1S/C20H33N5O4S/c1-16-13-17(5-6-18(16)30(4,27)28)14-22-20(23-15-19(26)24(2)3)21-7-8-25-9-11-29-12-10-25/h5-6,13H,7-12,14-15H2,1-4H3,(H2,21,22,23). The number of sulfone groups is 1. The number of likely N-dealkylation sites (N-methyl/N-ethyl adjacent to an activating group) is 1. The van der Waals surface area contributed by atoms with E-state index in [-0.39, 0.29) is 12.5 Å². The third kappa shape index (κ3) is 7.92. The first-order chi connectivity index (χ1) is 14.2. The topological polar surface area (TPSA) is 103 Å². The summed E-state index contributed by atoms with van der Waals surface area (Å²) >= 11 is 0. The number of morpholine rings is 1. The van der Waals surface area contributed by atoms with Crippen LogP contribution in [0.3, 0.4) is 0 Å². The number of carbonyl (C=O) groups is 1. The van der Waals surface area contributed by atoms with Gasteiger partial charge in [0.25, 0.3) is 0 Å². The lowest BCUT2D eigenvalue weighted by atomic mass is 10.1. The molecule has 1 aromatic rings. The van der Waals surface area contributed by atoms with Crippen LogP contribution < -0.4 is 10.6 Å². The summed E-state index contributed by atoms with van der Waals surface area (Å²) < 4.78 is 28.9. The lowest BCUT2D eigenvalue weighted by molar-refractivity contribution is -0.127. The van der Waals surface area contributed by atoms with Crippen LogP contribution in [-0.4, -0.2) is 96.4 Å². The van der Waals surface area contributed by atoms with E-state index in [2.05, 4.69) is 20.5 Å². The quantitative estimate of drug-likeness (QED) is 0.429. The summed E-state index contributed by atoms with van der Waals surface area (Å²) in [6.45, 7) is 7.15. The number of guanidine groups is 1. The van der Waals surface area contributed by atoms with Crippen molar-refractivity contribution in [3.8, 4) is 0 Å². The number of benzene rings is 1. The third-order valence-corrected chi connectivity index (χ3v) is 6.05.